The molecule has 0 bridgehead atoms. The third-order valence-corrected chi connectivity index (χ3v) is 4.16. The third kappa shape index (κ3) is 2.35. The van der Waals surface area contributed by atoms with E-state index in [1.165, 1.54) is 0 Å². The van der Waals surface area contributed by atoms with Crippen molar-refractivity contribution in [3.63, 3.8) is 0 Å². The lowest BCUT2D eigenvalue weighted by Crippen LogP contribution is -2.40. The molecule has 0 spiro atoms. The zero-order chi connectivity index (χ0) is 13.3. The minimum Gasteiger partial charge on any atom is -0.387 e. The molecule has 4 heteroatoms. The number of hydrogen-bond acceptors (Lipinski definition) is 4. The van der Waals surface area contributed by atoms with E-state index in [-0.39, 0.29) is 0 Å². The van der Waals surface area contributed by atoms with Gasteiger partial charge in [-0.3, -0.25) is 0 Å². The number of hydrogen-bond donors (Lipinski definition) is 3. The second-order valence-corrected chi connectivity index (χ2v) is 5.62. The summed E-state index contributed by atoms with van der Waals surface area (Å²) in [5.41, 5.74) is 6.23. The molecule has 1 aliphatic carbocycles. The molecule has 18 heavy (non-hydrogen) atoms. The Morgan fingerprint density at radius 3 is 2.61 bits per heavy atom. The maximum atomic E-state index is 10.6. The molecule has 1 aliphatic rings. The number of pyridine rings is 1. The fraction of sp³-hybridized carbons (Fsp3) is 0.643. The second kappa shape index (κ2) is 4.86. The molecule has 1 atom stereocenters. The molecule has 0 radical (unpaired) electrons. The smallest absolute Gasteiger partial charge is 0.129 e. The van der Waals surface area contributed by atoms with E-state index in [2.05, 4.69) is 11.9 Å². The van der Waals surface area contributed by atoms with Crippen LogP contribution in [-0.4, -0.2) is 20.8 Å². The van der Waals surface area contributed by atoms with Crippen LogP contribution in [0.4, 0.5) is 5.82 Å². The van der Waals surface area contributed by atoms with Gasteiger partial charge in [0.15, 0.2) is 0 Å². The van der Waals surface area contributed by atoms with E-state index in [9.17, 15) is 10.2 Å². The zero-order valence-electron chi connectivity index (χ0n) is 11.1. The lowest BCUT2D eigenvalue weighted by molar-refractivity contribution is -0.105. The van der Waals surface area contributed by atoms with Crippen LogP contribution in [0.5, 0.6) is 0 Å². The standard InChI is InChI=1S/C14H22N2O2/c1-9-3-6-14(18,7-4-9)12(17)11-10(2)5-8-16-13(11)15/h5,8-9,12,17-18H,3-4,6-7H2,1-2H3,(H2,15,16). The van der Waals surface area contributed by atoms with Gasteiger partial charge in [-0.05, 0) is 50.2 Å². The normalized spacial score (nSPS) is 30.1. The van der Waals surface area contributed by atoms with Crippen LogP contribution < -0.4 is 5.73 Å². The monoisotopic (exact) mass is 250 g/mol. The van der Waals surface area contributed by atoms with Gasteiger partial charge in [0.2, 0.25) is 0 Å². The first kappa shape index (κ1) is 13.3. The number of aryl methyl sites for hydroxylation is 1. The number of rotatable bonds is 2. The van der Waals surface area contributed by atoms with Crippen molar-refractivity contribution in [2.24, 2.45) is 5.92 Å². The van der Waals surface area contributed by atoms with Crippen LogP contribution in [0.2, 0.25) is 0 Å². The van der Waals surface area contributed by atoms with Crippen molar-refractivity contribution >= 4 is 5.82 Å². The number of nitrogen functional groups attached to an aromatic ring is 1. The van der Waals surface area contributed by atoms with Gasteiger partial charge in [-0.15, -0.1) is 0 Å². The Morgan fingerprint density at radius 1 is 1.44 bits per heavy atom. The van der Waals surface area contributed by atoms with Crippen LogP contribution in [0, 0.1) is 12.8 Å². The predicted molar refractivity (Wildman–Crippen MR) is 70.9 cm³/mol. The molecule has 2 rings (SSSR count). The van der Waals surface area contributed by atoms with Crippen LogP contribution in [0.3, 0.4) is 0 Å². The van der Waals surface area contributed by atoms with Gasteiger partial charge >= 0.3 is 0 Å². The van der Waals surface area contributed by atoms with Crippen LogP contribution in [0.25, 0.3) is 0 Å². The summed E-state index contributed by atoms with van der Waals surface area (Å²) >= 11 is 0. The Hall–Kier alpha value is -1.13. The number of aromatic nitrogens is 1. The highest BCUT2D eigenvalue weighted by molar-refractivity contribution is 5.46. The molecule has 1 aromatic rings. The first-order valence-corrected chi connectivity index (χ1v) is 6.55. The Bertz CT molecular complexity index is 406. The summed E-state index contributed by atoms with van der Waals surface area (Å²) in [5, 5.41) is 21.1. The van der Waals surface area contributed by atoms with E-state index in [4.69, 9.17) is 5.73 Å². The Labute approximate surface area is 108 Å². The fourth-order valence-electron chi connectivity index (χ4n) is 2.75. The zero-order valence-corrected chi connectivity index (χ0v) is 11.1. The van der Waals surface area contributed by atoms with Crippen molar-refractivity contribution < 1.29 is 10.2 Å². The second-order valence-electron chi connectivity index (χ2n) is 5.62. The van der Waals surface area contributed by atoms with Gasteiger partial charge in [0.25, 0.3) is 0 Å². The Balaban J connectivity index is 2.28. The summed E-state index contributed by atoms with van der Waals surface area (Å²) in [7, 11) is 0. The summed E-state index contributed by atoms with van der Waals surface area (Å²) in [4.78, 5) is 4.01. The summed E-state index contributed by atoms with van der Waals surface area (Å²) in [6.45, 7) is 4.06. The number of nitrogens with zero attached hydrogens (tertiary/aromatic N) is 1. The lowest BCUT2D eigenvalue weighted by atomic mass is 9.74. The van der Waals surface area contributed by atoms with Crippen LogP contribution in [0.1, 0.15) is 49.8 Å². The first-order chi connectivity index (χ1) is 8.44. The van der Waals surface area contributed by atoms with E-state index >= 15 is 0 Å². The highest BCUT2D eigenvalue weighted by atomic mass is 16.3. The van der Waals surface area contributed by atoms with E-state index in [0.29, 0.717) is 30.1 Å². The molecule has 1 saturated carbocycles. The quantitative estimate of drug-likeness (QED) is 0.749. The van der Waals surface area contributed by atoms with Crippen LogP contribution >= 0.6 is 0 Å². The molecular formula is C14H22N2O2. The van der Waals surface area contributed by atoms with Crippen LogP contribution in [-0.2, 0) is 0 Å². The highest BCUT2D eigenvalue weighted by Crippen LogP contribution is 2.42. The average Bonchev–Trinajstić information content (AvgIpc) is 2.33. The molecule has 1 fully saturated rings. The molecule has 4 N–H and O–H groups in total. The molecule has 4 nitrogen and oxygen atoms in total. The first-order valence-electron chi connectivity index (χ1n) is 6.55. The molecule has 1 heterocycles. The molecular weight excluding hydrogens is 228 g/mol. The van der Waals surface area contributed by atoms with Crippen molar-refractivity contribution in [3.05, 3.63) is 23.4 Å². The molecule has 1 unspecified atom stereocenters. The summed E-state index contributed by atoms with van der Waals surface area (Å²) in [6.07, 6.45) is 3.78. The Kier molecular flexibility index (Phi) is 3.59. The lowest BCUT2D eigenvalue weighted by Gasteiger charge is -2.39. The van der Waals surface area contributed by atoms with Gasteiger partial charge in [-0.1, -0.05) is 6.92 Å². The van der Waals surface area contributed by atoms with Gasteiger partial charge in [-0.25, -0.2) is 4.98 Å². The van der Waals surface area contributed by atoms with E-state index in [0.717, 1.165) is 18.4 Å². The number of aliphatic hydroxyl groups excluding tert-OH is 1. The maximum Gasteiger partial charge on any atom is 0.129 e. The molecule has 0 saturated heterocycles. The van der Waals surface area contributed by atoms with Gasteiger partial charge in [-0.2, -0.15) is 0 Å². The largest absolute Gasteiger partial charge is 0.387 e. The molecule has 0 aliphatic heterocycles. The van der Waals surface area contributed by atoms with Gasteiger partial charge in [0.05, 0.1) is 5.60 Å². The van der Waals surface area contributed by atoms with E-state index in [1.807, 2.05) is 13.0 Å². The van der Waals surface area contributed by atoms with Crippen molar-refractivity contribution in [3.8, 4) is 0 Å². The fourth-order valence-corrected chi connectivity index (χ4v) is 2.75. The Morgan fingerprint density at radius 2 is 2.06 bits per heavy atom. The predicted octanol–water partition coefficient (Wildman–Crippen LogP) is 1.95. The molecule has 100 valence electrons. The van der Waals surface area contributed by atoms with Crippen molar-refractivity contribution in [2.75, 3.05) is 5.73 Å². The van der Waals surface area contributed by atoms with Crippen molar-refractivity contribution in [1.29, 1.82) is 0 Å². The third-order valence-electron chi connectivity index (χ3n) is 4.16. The number of nitrogens with two attached hydrogens (primary N) is 1. The summed E-state index contributed by atoms with van der Waals surface area (Å²) < 4.78 is 0. The maximum absolute atomic E-state index is 10.6. The number of anilines is 1. The topological polar surface area (TPSA) is 79.4 Å². The highest BCUT2D eigenvalue weighted by Gasteiger charge is 2.40. The van der Waals surface area contributed by atoms with Crippen molar-refractivity contribution in [1.82, 2.24) is 4.98 Å². The molecule has 0 amide bonds. The average molecular weight is 250 g/mol. The SMILES string of the molecule is Cc1ccnc(N)c1C(O)C1(O)CCC(C)CC1. The number of aliphatic hydroxyl groups is 2. The summed E-state index contributed by atoms with van der Waals surface area (Å²) in [5.74, 6) is 0.930. The minimum absolute atomic E-state index is 0.314. The van der Waals surface area contributed by atoms with Gasteiger partial charge < -0.3 is 15.9 Å². The van der Waals surface area contributed by atoms with Crippen LogP contribution in [0.15, 0.2) is 12.3 Å². The van der Waals surface area contributed by atoms with E-state index < -0.39 is 11.7 Å². The molecule has 1 aromatic heterocycles. The molecule has 0 aromatic carbocycles. The minimum atomic E-state index is -1.06. The summed E-state index contributed by atoms with van der Waals surface area (Å²) in [6, 6.07) is 1.81. The van der Waals surface area contributed by atoms with Gasteiger partial charge in [0, 0.05) is 11.8 Å². The van der Waals surface area contributed by atoms with Crippen molar-refractivity contribution in [2.45, 2.75) is 51.2 Å². The van der Waals surface area contributed by atoms with E-state index in [1.54, 1.807) is 6.20 Å². The van der Waals surface area contributed by atoms with Gasteiger partial charge in [0.1, 0.15) is 11.9 Å².